The lowest BCUT2D eigenvalue weighted by Crippen LogP contribution is -2.33. The average Bonchev–Trinajstić information content (AvgIpc) is 3.03. The van der Waals surface area contributed by atoms with E-state index in [-0.39, 0.29) is 30.3 Å². The minimum absolute atomic E-state index is 0.0126. The Balaban J connectivity index is 1.53. The average molecular weight is 409 g/mol. The number of ether oxygens (including phenoxy) is 1. The van der Waals surface area contributed by atoms with Crippen molar-refractivity contribution in [2.45, 2.75) is 32.7 Å². The third-order valence-electron chi connectivity index (χ3n) is 4.90. The van der Waals surface area contributed by atoms with Crippen molar-refractivity contribution in [1.29, 1.82) is 0 Å². The largest absolute Gasteiger partial charge is 0.492 e. The van der Waals surface area contributed by atoms with Crippen LogP contribution in [0, 0.1) is 0 Å². The predicted molar refractivity (Wildman–Crippen MR) is 113 cm³/mol. The Hall–Kier alpha value is -3.35. The highest BCUT2D eigenvalue weighted by Crippen LogP contribution is 2.24. The smallest absolute Gasteiger partial charge is 0.324 e. The number of hydrogen-bond donors (Lipinski definition) is 2. The fraction of sp³-hybridized carbons (Fsp3) is 0.348. The van der Waals surface area contributed by atoms with Crippen molar-refractivity contribution in [2.24, 2.45) is 0 Å². The molecule has 0 aromatic heterocycles. The fourth-order valence-electron chi connectivity index (χ4n) is 3.15. The Morgan fingerprint density at radius 2 is 1.80 bits per heavy atom. The van der Waals surface area contributed by atoms with Crippen molar-refractivity contribution in [3.63, 3.8) is 0 Å². The van der Waals surface area contributed by atoms with Crippen LogP contribution < -0.4 is 15.4 Å². The molecule has 0 bridgehead atoms. The molecule has 1 saturated heterocycles. The van der Waals surface area contributed by atoms with E-state index in [4.69, 9.17) is 4.74 Å². The van der Waals surface area contributed by atoms with Crippen LogP contribution in [0.2, 0.25) is 0 Å². The van der Waals surface area contributed by atoms with Crippen molar-refractivity contribution in [2.75, 3.05) is 19.7 Å². The SMILES string of the molecule is CC(C)(C)c1ccc(OCCNC(=O)c2ccccc2CN2C(=O)CNC2=O)cc1. The molecular formula is C23H27N3O4. The van der Waals surface area contributed by atoms with Gasteiger partial charge in [0, 0.05) is 5.56 Å². The van der Waals surface area contributed by atoms with Gasteiger partial charge in [-0.1, -0.05) is 51.1 Å². The summed E-state index contributed by atoms with van der Waals surface area (Å²) in [7, 11) is 0. The van der Waals surface area contributed by atoms with Crippen LogP contribution in [0.5, 0.6) is 5.75 Å². The molecule has 2 aromatic carbocycles. The number of imide groups is 1. The van der Waals surface area contributed by atoms with Crippen molar-refractivity contribution in [1.82, 2.24) is 15.5 Å². The summed E-state index contributed by atoms with van der Waals surface area (Å²) in [6.07, 6.45) is 0. The molecule has 2 aromatic rings. The van der Waals surface area contributed by atoms with Gasteiger partial charge >= 0.3 is 6.03 Å². The molecule has 0 aliphatic carbocycles. The number of urea groups is 1. The van der Waals surface area contributed by atoms with Crippen LogP contribution in [0.4, 0.5) is 4.79 Å². The van der Waals surface area contributed by atoms with Crippen LogP contribution in [0.3, 0.4) is 0 Å². The van der Waals surface area contributed by atoms with Gasteiger partial charge in [-0.2, -0.15) is 0 Å². The summed E-state index contributed by atoms with van der Waals surface area (Å²) in [5.41, 5.74) is 2.35. The highest BCUT2D eigenvalue weighted by Gasteiger charge is 2.29. The summed E-state index contributed by atoms with van der Waals surface area (Å²) < 4.78 is 5.71. The summed E-state index contributed by atoms with van der Waals surface area (Å²) in [6.45, 7) is 7.17. The van der Waals surface area contributed by atoms with E-state index in [1.54, 1.807) is 24.3 Å². The summed E-state index contributed by atoms with van der Waals surface area (Å²) in [4.78, 5) is 37.3. The second kappa shape index (κ2) is 8.98. The third kappa shape index (κ3) is 5.17. The molecule has 30 heavy (non-hydrogen) atoms. The van der Waals surface area contributed by atoms with Gasteiger partial charge in [-0.05, 0) is 34.7 Å². The zero-order chi connectivity index (χ0) is 21.7. The van der Waals surface area contributed by atoms with E-state index in [1.807, 2.05) is 24.3 Å². The van der Waals surface area contributed by atoms with E-state index in [0.29, 0.717) is 24.3 Å². The van der Waals surface area contributed by atoms with E-state index in [9.17, 15) is 14.4 Å². The molecule has 3 rings (SSSR count). The Bertz CT molecular complexity index is 916. The van der Waals surface area contributed by atoms with E-state index >= 15 is 0 Å². The Morgan fingerprint density at radius 3 is 2.43 bits per heavy atom. The normalized spacial score (nSPS) is 13.9. The molecule has 4 amide bonds. The van der Waals surface area contributed by atoms with Crippen molar-refractivity contribution < 1.29 is 19.1 Å². The van der Waals surface area contributed by atoms with Crippen LogP contribution in [-0.2, 0) is 16.8 Å². The number of rotatable bonds is 7. The first kappa shape index (κ1) is 21.4. The first-order valence-corrected chi connectivity index (χ1v) is 9.93. The number of nitrogens with zero attached hydrogens (tertiary/aromatic N) is 1. The highest BCUT2D eigenvalue weighted by atomic mass is 16.5. The van der Waals surface area contributed by atoms with Gasteiger partial charge in [-0.25, -0.2) is 4.79 Å². The molecule has 0 atom stereocenters. The quantitative estimate of drug-likeness (QED) is 0.544. The molecule has 2 N–H and O–H groups in total. The van der Waals surface area contributed by atoms with Gasteiger partial charge in [0.25, 0.3) is 5.91 Å². The number of benzene rings is 2. The Morgan fingerprint density at radius 1 is 1.10 bits per heavy atom. The Kier molecular flexibility index (Phi) is 6.40. The number of nitrogens with one attached hydrogen (secondary N) is 2. The van der Waals surface area contributed by atoms with Gasteiger partial charge in [0.15, 0.2) is 0 Å². The summed E-state index contributed by atoms with van der Waals surface area (Å²) in [6, 6.07) is 14.4. The molecule has 0 radical (unpaired) electrons. The fourth-order valence-corrected chi connectivity index (χ4v) is 3.15. The van der Waals surface area contributed by atoms with Crippen molar-refractivity contribution >= 4 is 17.8 Å². The maximum atomic E-state index is 12.6. The summed E-state index contributed by atoms with van der Waals surface area (Å²) in [5.74, 6) is 0.168. The minimum Gasteiger partial charge on any atom is -0.492 e. The predicted octanol–water partition coefficient (Wildman–Crippen LogP) is 2.84. The molecule has 0 unspecified atom stereocenters. The van der Waals surface area contributed by atoms with Gasteiger partial charge in [0.1, 0.15) is 12.4 Å². The summed E-state index contributed by atoms with van der Waals surface area (Å²) >= 11 is 0. The van der Waals surface area contributed by atoms with Crippen molar-refractivity contribution in [3.05, 3.63) is 65.2 Å². The number of carbonyl (C=O) groups is 3. The highest BCUT2D eigenvalue weighted by molar-refractivity contribution is 6.02. The monoisotopic (exact) mass is 409 g/mol. The lowest BCUT2D eigenvalue weighted by atomic mass is 9.87. The minimum atomic E-state index is -0.443. The lowest BCUT2D eigenvalue weighted by Gasteiger charge is -2.19. The molecule has 158 valence electrons. The van der Waals surface area contributed by atoms with E-state index in [2.05, 4.69) is 31.4 Å². The molecular weight excluding hydrogens is 382 g/mol. The molecule has 1 heterocycles. The van der Waals surface area contributed by atoms with Crippen LogP contribution in [0.1, 0.15) is 42.3 Å². The van der Waals surface area contributed by atoms with Crippen LogP contribution in [0.15, 0.2) is 48.5 Å². The second-order valence-electron chi connectivity index (χ2n) is 8.17. The maximum absolute atomic E-state index is 12.6. The van der Waals surface area contributed by atoms with E-state index in [0.717, 1.165) is 10.6 Å². The number of amides is 4. The zero-order valence-electron chi connectivity index (χ0n) is 17.5. The molecule has 1 aliphatic heterocycles. The van der Waals surface area contributed by atoms with E-state index < -0.39 is 6.03 Å². The molecule has 1 fully saturated rings. The zero-order valence-corrected chi connectivity index (χ0v) is 17.5. The van der Waals surface area contributed by atoms with Crippen molar-refractivity contribution in [3.8, 4) is 5.75 Å². The molecule has 7 heteroatoms. The van der Waals surface area contributed by atoms with Gasteiger partial charge in [0.2, 0.25) is 5.91 Å². The molecule has 7 nitrogen and oxygen atoms in total. The summed E-state index contributed by atoms with van der Waals surface area (Å²) in [5, 5.41) is 5.30. The standard InChI is InChI=1S/C23H27N3O4/c1-23(2,3)17-8-10-18(11-9-17)30-13-12-24-21(28)19-7-5-4-6-16(19)15-26-20(27)14-25-22(26)29/h4-11H,12-15H2,1-3H3,(H,24,28)(H,25,29). The second-order valence-corrected chi connectivity index (χ2v) is 8.17. The lowest BCUT2D eigenvalue weighted by molar-refractivity contribution is -0.125. The van der Waals surface area contributed by atoms with Gasteiger partial charge < -0.3 is 15.4 Å². The topological polar surface area (TPSA) is 87.7 Å². The number of hydrogen-bond acceptors (Lipinski definition) is 4. The van der Waals surface area contributed by atoms with Gasteiger partial charge in [-0.15, -0.1) is 0 Å². The first-order chi connectivity index (χ1) is 14.3. The van der Waals surface area contributed by atoms with Crippen LogP contribution >= 0.6 is 0 Å². The molecule has 0 spiro atoms. The van der Waals surface area contributed by atoms with Crippen LogP contribution in [-0.4, -0.2) is 42.4 Å². The van der Waals surface area contributed by atoms with E-state index in [1.165, 1.54) is 5.56 Å². The third-order valence-corrected chi connectivity index (χ3v) is 4.90. The molecule has 1 aliphatic rings. The first-order valence-electron chi connectivity index (χ1n) is 9.93. The van der Waals surface area contributed by atoms with Gasteiger partial charge in [-0.3, -0.25) is 14.5 Å². The molecule has 0 saturated carbocycles. The van der Waals surface area contributed by atoms with Gasteiger partial charge in [0.05, 0.1) is 19.6 Å². The number of carbonyl (C=O) groups excluding carboxylic acids is 3. The Labute approximate surface area is 176 Å². The van der Waals surface area contributed by atoms with Crippen LogP contribution in [0.25, 0.3) is 0 Å². The maximum Gasteiger partial charge on any atom is 0.324 e.